The lowest BCUT2D eigenvalue weighted by atomic mass is 10.1. The van der Waals surface area contributed by atoms with Gasteiger partial charge in [0.25, 0.3) is 5.91 Å². The largest absolute Gasteiger partial charge is 0.365 e. The number of aryl methyl sites for hydroxylation is 1. The monoisotopic (exact) mass is 252 g/mol. The van der Waals surface area contributed by atoms with Crippen molar-refractivity contribution >= 4 is 28.8 Å². The van der Waals surface area contributed by atoms with E-state index in [-0.39, 0.29) is 0 Å². The van der Waals surface area contributed by atoms with Crippen LogP contribution in [0.3, 0.4) is 0 Å². The van der Waals surface area contributed by atoms with Gasteiger partial charge in [0.2, 0.25) is 0 Å². The summed E-state index contributed by atoms with van der Waals surface area (Å²) in [7, 11) is 0. The predicted molar refractivity (Wildman–Crippen MR) is 65.8 cm³/mol. The summed E-state index contributed by atoms with van der Waals surface area (Å²) < 4.78 is 0. The van der Waals surface area contributed by atoms with Gasteiger partial charge in [0, 0.05) is 5.56 Å². The molecule has 0 radical (unpaired) electrons. The van der Waals surface area contributed by atoms with Crippen LogP contribution in [-0.4, -0.2) is 10.9 Å². The molecule has 1 aromatic carbocycles. The Labute approximate surface area is 102 Å². The van der Waals surface area contributed by atoms with Gasteiger partial charge in [-0.05, 0) is 18.6 Å². The van der Waals surface area contributed by atoms with Crippen LogP contribution in [-0.2, 0) is 0 Å². The van der Waals surface area contributed by atoms with Gasteiger partial charge in [-0.15, -0.1) is 11.3 Å². The minimum Gasteiger partial charge on any atom is -0.365 e. The second kappa shape index (κ2) is 4.23. The molecule has 3 nitrogen and oxygen atoms in total. The van der Waals surface area contributed by atoms with Gasteiger partial charge in [-0.3, -0.25) is 4.79 Å². The van der Waals surface area contributed by atoms with Crippen LogP contribution >= 0.6 is 22.9 Å². The van der Waals surface area contributed by atoms with Crippen LogP contribution in [0.15, 0.2) is 24.4 Å². The van der Waals surface area contributed by atoms with Crippen molar-refractivity contribution in [2.24, 2.45) is 5.73 Å². The van der Waals surface area contributed by atoms with Crippen LogP contribution < -0.4 is 5.73 Å². The average Bonchev–Trinajstić information content (AvgIpc) is 2.66. The standard InChI is InChI=1S/C11H9ClN2OS/c1-6-3-2-4-7(12)9(6)11-14-5-8(16-11)10(13)15/h2-5H,1H3,(H2,13,15). The molecule has 0 unspecified atom stereocenters. The number of rotatable bonds is 2. The highest BCUT2D eigenvalue weighted by Crippen LogP contribution is 2.33. The van der Waals surface area contributed by atoms with Gasteiger partial charge < -0.3 is 5.73 Å². The second-order valence-corrected chi connectivity index (χ2v) is 4.76. The van der Waals surface area contributed by atoms with E-state index in [0.29, 0.717) is 9.90 Å². The fourth-order valence-electron chi connectivity index (χ4n) is 1.41. The van der Waals surface area contributed by atoms with Gasteiger partial charge in [-0.1, -0.05) is 23.7 Å². The van der Waals surface area contributed by atoms with E-state index in [0.717, 1.165) is 16.1 Å². The van der Waals surface area contributed by atoms with E-state index in [1.54, 1.807) is 6.07 Å². The number of halogens is 1. The van der Waals surface area contributed by atoms with E-state index in [1.165, 1.54) is 17.5 Å². The number of nitrogens with zero attached hydrogens (tertiary/aromatic N) is 1. The molecule has 2 aromatic rings. The van der Waals surface area contributed by atoms with Crippen molar-refractivity contribution in [1.82, 2.24) is 4.98 Å². The molecule has 0 aliphatic heterocycles. The van der Waals surface area contributed by atoms with Crippen LogP contribution in [0.4, 0.5) is 0 Å². The Morgan fingerprint density at radius 3 is 2.81 bits per heavy atom. The summed E-state index contributed by atoms with van der Waals surface area (Å²) in [5.41, 5.74) is 7.07. The molecule has 0 saturated heterocycles. The lowest BCUT2D eigenvalue weighted by molar-refractivity contribution is 0.100. The molecule has 0 aliphatic carbocycles. The fourth-order valence-corrected chi connectivity index (χ4v) is 2.67. The first-order valence-electron chi connectivity index (χ1n) is 4.60. The Morgan fingerprint density at radius 1 is 1.50 bits per heavy atom. The van der Waals surface area contributed by atoms with Gasteiger partial charge in [-0.2, -0.15) is 0 Å². The molecular weight excluding hydrogens is 244 g/mol. The number of thiazole rings is 1. The Kier molecular flexibility index (Phi) is 2.94. The zero-order chi connectivity index (χ0) is 11.7. The number of amides is 1. The highest BCUT2D eigenvalue weighted by molar-refractivity contribution is 7.17. The van der Waals surface area contributed by atoms with Gasteiger partial charge in [0.1, 0.15) is 9.88 Å². The molecule has 1 aromatic heterocycles. The molecule has 82 valence electrons. The number of carbonyl (C=O) groups excluding carboxylic acids is 1. The number of nitrogens with two attached hydrogens (primary N) is 1. The van der Waals surface area contributed by atoms with Crippen molar-refractivity contribution in [2.45, 2.75) is 6.92 Å². The Hall–Kier alpha value is -1.39. The van der Waals surface area contributed by atoms with Crippen molar-refractivity contribution in [3.63, 3.8) is 0 Å². The molecule has 0 bridgehead atoms. The molecule has 1 amide bonds. The third-order valence-corrected chi connectivity index (χ3v) is 3.53. The van der Waals surface area contributed by atoms with Gasteiger partial charge in [0.05, 0.1) is 11.2 Å². The first kappa shape index (κ1) is 11.1. The minimum absolute atomic E-state index is 0.439. The van der Waals surface area contributed by atoms with Gasteiger partial charge in [-0.25, -0.2) is 4.98 Å². The molecule has 0 saturated carbocycles. The van der Waals surface area contributed by atoms with Crippen molar-refractivity contribution in [3.05, 3.63) is 39.9 Å². The summed E-state index contributed by atoms with van der Waals surface area (Å²) in [5, 5.41) is 1.35. The highest BCUT2D eigenvalue weighted by atomic mass is 35.5. The maximum Gasteiger partial charge on any atom is 0.260 e. The Morgan fingerprint density at radius 2 is 2.25 bits per heavy atom. The molecule has 16 heavy (non-hydrogen) atoms. The van der Waals surface area contributed by atoms with Crippen molar-refractivity contribution in [1.29, 1.82) is 0 Å². The number of benzene rings is 1. The molecule has 0 atom stereocenters. The highest BCUT2D eigenvalue weighted by Gasteiger charge is 2.12. The summed E-state index contributed by atoms with van der Waals surface area (Å²) in [6.07, 6.45) is 1.48. The molecule has 1 heterocycles. The van der Waals surface area contributed by atoms with Gasteiger partial charge >= 0.3 is 0 Å². The second-order valence-electron chi connectivity index (χ2n) is 3.33. The van der Waals surface area contributed by atoms with E-state index in [2.05, 4.69) is 4.98 Å². The zero-order valence-electron chi connectivity index (χ0n) is 8.53. The normalized spacial score (nSPS) is 10.4. The number of primary amides is 1. The minimum atomic E-state index is -0.464. The van der Waals surface area contributed by atoms with E-state index in [9.17, 15) is 4.79 Å². The zero-order valence-corrected chi connectivity index (χ0v) is 10.1. The lowest BCUT2D eigenvalue weighted by Crippen LogP contribution is -2.08. The van der Waals surface area contributed by atoms with E-state index in [1.807, 2.05) is 19.1 Å². The smallest absolute Gasteiger partial charge is 0.260 e. The number of hydrogen-bond donors (Lipinski definition) is 1. The van der Waals surface area contributed by atoms with Crippen molar-refractivity contribution in [2.75, 3.05) is 0 Å². The molecular formula is C11H9ClN2OS. The molecule has 0 spiro atoms. The summed E-state index contributed by atoms with van der Waals surface area (Å²) in [4.78, 5) is 15.6. The summed E-state index contributed by atoms with van der Waals surface area (Å²) in [6, 6.07) is 5.63. The predicted octanol–water partition coefficient (Wildman–Crippen LogP) is 2.87. The van der Waals surface area contributed by atoms with Gasteiger partial charge in [0.15, 0.2) is 0 Å². The first-order valence-corrected chi connectivity index (χ1v) is 5.80. The number of aromatic nitrogens is 1. The van der Waals surface area contributed by atoms with Crippen LogP contribution in [0.1, 0.15) is 15.2 Å². The molecule has 0 fully saturated rings. The third-order valence-electron chi connectivity index (χ3n) is 2.18. The van der Waals surface area contributed by atoms with E-state index in [4.69, 9.17) is 17.3 Å². The summed E-state index contributed by atoms with van der Waals surface area (Å²) in [5.74, 6) is -0.464. The Balaban J connectivity index is 2.54. The van der Waals surface area contributed by atoms with Crippen molar-refractivity contribution in [3.8, 4) is 10.6 Å². The topological polar surface area (TPSA) is 56.0 Å². The van der Waals surface area contributed by atoms with E-state index >= 15 is 0 Å². The maximum atomic E-state index is 11.0. The van der Waals surface area contributed by atoms with Crippen LogP contribution in [0.5, 0.6) is 0 Å². The first-order chi connectivity index (χ1) is 7.59. The fraction of sp³-hybridized carbons (Fsp3) is 0.0909. The van der Waals surface area contributed by atoms with Crippen LogP contribution in [0.25, 0.3) is 10.6 Å². The van der Waals surface area contributed by atoms with Crippen molar-refractivity contribution < 1.29 is 4.79 Å². The van der Waals surface area contributed by atoms with Crippen LogP contribution in [0.2, 0.25) is 5.02 Å². The van der Waals surface area contributed by atoms with E-state index < -0.39 is 5.91 Å². The Bertz CT molecular complexity index is 530. The number of hydrogen-bond acceptors (Lipinski definition) is 3. The summed E-state index contributed by atoms with van der Waals surface area (Å²) >= 11 is 7.36. The lowest BCUT2D eigenvalue weighted by Gasteiger charge is -2.03. The molecule has 5 heteroatoms. The SMILES string of the molecule is Cc1cccc(Cl)c1-c1ncc(C(N)=O)s1. The molecule has 2 N–H and O–H groups in total. The molecule has 0 aliphatic rings. The summed E-state index contributed by atoms with van der Waals surface area (Å²) in [6.45, 7) is 1.95. The average molecular weight is 253 g/mol. The molecule has 2 rings (SSSR count). The maximum absolute atomic E-state index is 11.0. The quantitative estimate of drug-likeness (QED) is 0.894. The number of carbonyl (C=O) groups is 1. The third kappa shape index (κ3) is 1.94. The van der Waals surface area contributed by atoms with Crippen LogP contribution in [0, 0.1) is 6.92 Å².